The monoisotopic (exact) mass is 343 g/mol. The molecule has 134 valence electrons. The summed E-state index contributed by atoms with van der Waals surface area (Å²) in [5, 5.41) is 7.71. The van der Waals surface area contributed by atoms with Crippen LogP contribution in [-0.2, 0) is 24.8 Å². The van der Waals surface area contributed by atoms with Crippen LogP contribution in [-0.4, -0.2) is 40.7 Å². The zero-order valence-corrected chi connectivity index (χ0v) is 15.0. The molecule has 1 N–H and O–H groups in total. The zero-order valence-electron chi connectivity index (χ0n) is 15.0. The van der Waals surface area contributed by atoms with Crippen molar-refractivity contribution in [2.45, 2.75) is 44.6 Å². The number of nitrogens with one attached hydrogen (secondary N) is 1. The molecule has 0 amide bonds. The highest BCUT2D eigenvalue weighted by atomic mass is 16.5. The molecule has 1 aromatic heterocycles. The molecule has 6 heteroatoms. The van der Waals surface area contributed by atoms with Crippen LogP contribution < -0.4 is 14.8 Å². The fourth-order valence-electron chi connectivity index (χ4n) is 3.50. The van der Waals surface area contributed by atoms with Gasteiger partial charge >= 0.3 is 0 Å². The molecule has 2 atom stereocenters. The third-order valence-electron chi connectivity index (χ3n) is 4.69. The molecule has 2 aliphatic heterocycles. The Bertz CT molecular complexity index is 756. The topological polar surface area (TPSA) is 57.5 Å². The molecule has 0 saturated carbocycles. The quantitative estimate of drug-likeness (QED) is 0.901. The summed E-state index contributed by atoms with van der Waals surface area (Å²) in [5.74, 6) is 1.79. The molecule has 1 fully saturated rings. The summed E-state index contributed by atoms with van der Waals surface area (Å²) in [6.45, 7) is 6.29. The fraction of sp³-hybridized carbons (Fsp3) is 0.526. The lowest BCUT2D eigenvalue weighted by Gasteiger charge is -2.20. The lowest BCUT2D eigenvalue weighted by atomic mass is 10.00. The zero-order chi connectivity index (χ0) is 17.4. The lowest BCUT2D eigenvalue weighted by Crippen LogP contribution is -2.41. The molecular weight excluding hydrogens is 318 g/mol. The van der Waals surface area contributed by atoms with Crippen LogP contribution in [0.3, 0.4) is 0 Å². The molecule has 0 spiro atoms. The van der Waals surface area contributed by atoms with E-state index in [1.165, 1.54) is 11.1 Å². The second-order valence-corrected chi connectivity index (χ2v) is 7.51. The van der Waals surface area contributed by atoms with Crippen LogP contribution in [0.15, 0.2) is 30.6 Å². The Labute approximate surface area is 148 Å². The fourth-order valence-corrected chi connectivity index (χ4v) is 3.50. The molecular formula is C19H25N3O3. The van der Waals surface area contributed by atoms with Gasteiger partial charge in [0.1, 0.15) is 17.5 Å². The number of ether oxygens (including phenoxy) is 3. The van der Waals surface area contributed by atoms with Gasteiger partial charge in [-0.3, -0.25) is 4.68 Å². The number of aryl methyl sites for hydroxylation is 1. The first-order chi connectivity index (χ1) is 12.0. The van der Waals surface area contributed by atoms with Crippen LogP contribution in [0.1, 0.15) is 25.0 Å². The van der Waals surface area contributed by atoms with Crippen molar-refractivity contribution in [1.82, 2.24) is 15.1 Å². The van der Waals surface area contributed by atoms with Crippen LogP contribution in [0.5, 0.6) is 11.5 Å². The predicted octanol–water partition coefficient (Wildman–Crippen LogP) is 2.07. The highest BCUT2D eigenvalue weighted by Crippen LogP contribution is 2.35. The normalized spacial score (nSPS) is 24.1. The Morgan fingerprint density at radius 2 is 2.24 bits per heavy atom. The number of nitrogens with zero attached hydrogens (tertiary/aromatic N) is 2. The molecule has 4 rings (SSSR count). The minimum atomic E-state index is -0.101. The Kier molecular flexibility index (Phi) is 4.17. The first kappa shape index (κ1) is 16.4. The summed E-state index contributed by atoms with van der Waals surface area (Å²) in [5.41, 5.74) is 2.44. The van der Waals surface area contributed by atoms with Crippen molar-refractivity contribution in [2.75, 3.05) is 13.2 Å². The van der Waals surface area contributed by atoms with E-state index in [0.717, 1.165) is 24.5 Å². The van der Waals surface area contributed by atoms with Gasteiger partial charge in [-0.15, -0.1) is 0 Å². The molecule has 0 unspecified atom stereocenters. The van der Waals surface area contributed by atoms with E-state index in [4.69, 9.17) is 14.2 Å². The second-order valence-electron chi connectivity index (χ2n) is 7.51. The maximum Gasteiger partial charge on any atom is 0.157 e. The smallest absolute Gasteiger partial charge is 0.157 e. The summed E-state index contributed by atoms with van der Waals surface area (Å²) in [4.78, 5) is 0. The number of benzene rings is 1. The van der Waals surface area contributed by atoms with Crippen molar-refractivity contribution in [1.29, 1.82) is 0 Å². The van der Waals surface area contributed by atoms with Gasteiger partial charge in [-0.05, 0) is 31.0 Å². The Balaban J connectivity index is 1.36. The molecule has 25 heavy (non-hydrogen) atoms. The maximum absolute atomic E-state index is 6.01. The van der Waals surface area contributed by atoms with Gasteiger partial charge in [-0.2, -0.15) is 5.10 Å². The summed E-state index contributed by atoms with van der Waals surface area (Å²) in [6, 6.07) is 6.61. The van der Waals surface area contributed by atoms with Gasteiger partial charge in [-0.25, -0.2) is 0 Å². The number of hydrogen-bond donors (Lipinski definition) is 1. The predicted molar refractivity (Wildman–Crippen MR) is 93.9 cm³/mol. The van der Waals surface area contributed by atoms with Crippen molar-refractivity contribution in [3.8, 4) is 11.5 Å². The second kappa shape index (κ2) is 6.35. The van der Waals surface area contributed by atoms with E-state index < -0.39 is 0 Å². The molecule has 2 aromatic rings. The van der Waals surface area contributed by atoms with Gasteiger partial charge in [-0.1, -0.05) is 12.1 Å². The summed E-state index contributed by atoms with van der Waals surface area (Å²) in [7, 11) is 1.88. The van der Waals surface area contributed by atoms with Crippen molar-refractivity contribution in [3.63, 3.8) is 0 Å². The molecule has 0 bridgehead atoms. The van der Waals surface area contributed by atoms with E-state index in [-0.39, 0.29) is 17.7 Å². The van der Waals surface area contributed by atoms with E-state index in [2.05, 4.69) is 42.5 Å². The third kappa shape index (κ3) is 3.65. The van der Waals surface area contributed by atoms with Gasteiger partial charge < -0.3 is 19.5 Å². The molecule has 6 nitrogen and oxygen atoms in total. The highest BCUT2D eigenvalue weighted by molar-refractivity contribution is 5.41. The Morgan fingerprint density at radius 3 is 3.04 bits per heavy atom. The Morgan fingerprint density at radius 1 is 1.36 bits per heavy atom. The number of rotatable bonds is 5. The van der Waals surface area contributed by atoms with Gasteiger partial charge in [0.05, 0.1) is 31.6 Å². The van der Waals surface area contributed by atoms with Crippen LogP contribution in [0.25, 0.3) is 0 Å². The van der Waals surface area contributed by atoms with Crippen LogP contribution in [0.4, 0.5) is 0 Å². The summed E-state index contributed by atoms with van der Waals surface area (Å²) < 4.78 is 19.3. The van der Waals surface area contributed by atoms with E-state index in [0.29, 0.717) is 13.2 Å². The third-order valence-corrected chi connectivity index (χ3v) is 4.69. The first-order valence-electron chi connectivity index (χ1n) is 8.76. The number of hydrogen-bond acceptors (Lipinski definition) is 5. The average molecular weight is 343 g/mol. The minimum absolute atomic E-state index is 0.000828. The van der Waals surface area contributed by atoms with Crippen molar-refractivity contribution < 1.29 is 14.2 Å². The SMILES string of the molecule is Cn1cc(O[C@@H]2COC[C@@H]2NCc2ccc3c(c2)CC(C)(C)O3)cn1. The van der Waals surface area contributed by atoms with Gasteiger partial charge in [0.15, 0.2) is 5.75 Å². The molecule has 0 radical (unpaired) electrons. The van der Waals surface area contributed by atoms with Crippen LogP contribution >= 0.6 is 0 Å². The summed E-state index contributed by atoms with van der Waals surface area (Å²) in [6.07, 6.45) is 4.56. The molecule has 2 aliphatic rings. The molecule has 1 aromatic carbocycles. The highest BCUT2D eigenvalue weighted by Gasteiger charge is 2.31. The van der Waals surface area contributed by atoms with Crippen LogP contribution in [0, 0.1) is 0 Å². The molecule has 1 saturated heterocycles. The number of aromatic nitrogens is 2. The van der Waals surface area contributed by atoms with E-state index in [1.54, 1.807) is 10.9 Å². The first-order valence-corrected chi connectivity index (χ1v) is 8.76. The van der Waals surface area contributed by atoms with Gasteiger partial charge in [0, 0.05) is 20.0 Å². The average Bonchev–Trinajstić information content (AvgIpc) is 3.23. The van der Waals surface area contributed by atoms with Gasteiger partial charge in [0.2, 0.25) is 0 Å². The number of fused-ring (bicyclic) bond motifs is 1. The van der Waals surface area contributed by atoms with Crippen molar-refractivity contribution in [2.24, 2.45) is 7.05 Å². The lowest BCUT2D eigenvalue weighted by molar-refractivity contribution is 0.138. The maximum atomic E-state index is 6.01. The van der Waals surface area contributed by atoms with E-state index in [1.807, 2.05) is 13.2 Å². The Hall–Kier alpha value is -2.05. The summed E-state index contributed by atoms with van der Waals surface area (Å²) >= 11 is 0. The minimum Gasteiger partial charge on any atom is -0.487 e. The van der Waals surface area contributed by atoms with Crippen LogP contribution in [0.2, 0.25) is 0 Å². The van der Waals surface area contributed by atoms with E-state index >= 15 is 0 Å². The molecule has 3 heterocycles. The standard InChI is InChI=1S/C19H25N3O3/c1-19(2)7-14-6-13(4-5-17(14)25-19)8-20-16-11-23-12-18(16)24-15-9-21-22(3)10-15/h4-6,9-10,16,18,20H,7-8,11-12H2,1-3H3/t16-,18+/m0/s1. The van der Waals surface area contributed by atoms with Gasteiger partial charge in [0.25, 0.3) is 0 Å². The van der Waals surface area contributed by atoms with Crippen molar-refractivity contribution >= 4 is 0 Å². The van der Waals surface area contributed by atoms with E-state index in [9.17, 15) is 0 Å². The van der Waals surface area contributed by atoms with Crippen molar-refractivity contribution in [3.05, 3.63) is 41.7 Å². The molecule has 0 aliphatic carbocycles. The largest absolute Gasteiger partial charge is 0.487 e.